The van der Waals surface area contributed by atoms with Crippen molar-refractivity contribution in [2.75, 3.05) is 14.2 Å². The monoisotopic (exact) mass is 1680 g/mol. The molecule has 15 rings (SSSR count). The van der Waals surface area contributed by atoms with Crippen LogP contribution in [0.2, 0.25) is 6.32 Å². The summed E-state index contributed by atoms with van der Waals surface area (Å²) in [4.78, 5) is 119. The molecule has 0 radical (unpaired) electrons. The zero-order chi connectivity index (χ0) is 76.3. The summed E-state index contributed by atoms with van der Waals surface area (Å²) in [5.74, 6) is -3.10. The van der Waals surface area contributed by atoms with E-state index in [1.54, 1.807) is 45.3 Å². The van der Waals surface area contributed by atoms with Gasteiger partial charge in [-0.05, 0) is 217 Å². The number of thiophene rings is 4. The number of anilines is 5. The number of aryl methyl sites for hydroxylation is 5. The molecular weight excluding hydrogens is 1600 g/mol. The van der Waals surface area contributed by atoms with Crippen LogP contribution in [0.15, 0.2) is 199 Å². The summed E-state index contributed by atoms with van der Waals surface area (Å²) >= 11 is 10.3. The number of carbonyl (C=O) groups excluding carboxylic acids is 7. The second-order valence-electron chi connectivity index (χ2n) is 27.8. The van der Waals surface area contributed by atoms with Crippen LogP contribution in [0.25, 0.3) is 74.5 Å². The van der Waals surface area contributed by atoms with Crippen molar-refractivity contribution in [2.24, 2.45) is 0 Å². The molecule has 1 unspecified atom stereocenters. The molecule has 1 aliphatic carbocycles. The minimum atomic E-state index is -0.605. The lowest BCUT2D eigenvalue weighted by Crippen LogP contribution is -2.31. The lowest BCUT2D eigenvalue weighted by molar-refractivity contribution is -0.197. The van der Waals surface area contributed by atoms with Gasteiger partial charge in [-0.1, -0.05) is 114 Å². The zero-order valence-corrected chi connectivity index (χ0v) is 67.4. The maximum atomic E-state index is 12.7. The molecule has 0 saturated carbocycles. The van der Waals surface area contributed by atoms with E-state index in [9.17, 15) is 33.6 Å². The molecule has 560 valence electrons. The fourth-order valence-electron chi connectivity index (χ4n) is 14.3. The first kappa shape index (κ1) is 76.4. The van der Waals surface area contributed by atoms with Gasteiger partial charge < -0.3 is 24.3 Å². The van der Waals surface area contributed by atoms with Crippen LogP contribution in [0, 0.1) is 0 Å². The number of allylic oxidation sites excluding steroid dienone is 3. The van der Waals surface area contributed by atoms with E-state index in [4.69, 9.17) is 28.4 Å². The van der Waals surface area contributed by atoms with Crippen LogP contribution in [0.4, 0.5) is 28.4 Å². The molecule has 3 aliphatic rings. The van der Waals surface area contributed by atoms with Crippen LogP contribution >= 0.6 is 79.7 Å². The molecular formula is C87H78BIN8O9S5. The van der Waals surface area contributed by atoms with E-state index in [1.165, 1.54) is 40.6 Å². The minimum absolute atomic E-state index is 0.0509. The van der Waals surface area contributed by atoms with Gasteiger partial charge in [-0.2, -0.15) is 8.75 Å². The Bertz CT molecular complexity index is 5430. The molecule has 12 aromatic rings. The predicted molar refractivity (Wildman–Crippen MR) is 456 cm³/mol. The number of aromatic nitrogens is 4. The maximum absolute atomic E-state index is 12.7. The van der Waals surface area contributed by atoms with Gasteiger partial charge in [0.05, 0.1) is 21.5 Å². The Morgan fingerprint density at radius 2 is 0.982 bits per heavy atom. The van der Waals surface area contributed by atoms with Crippen molar-refractivity contribution < 1.29 is 43.2 Å². The third-order valence-electron chi connectivity index (χ3n) is 20.1. The molecule has 0 N–H and O–H groups in total. The van der Waals surface area contributed by atoms with Gasteiger partial charge in [-0.25, -0.2) is 19.6 Å². The Kier molecular flexibility index (Phi) is 24.5. The number of amides is 4. The van der Waals surface area contributed by atoms with Crippen LogP contribution < -0.4 is 9.80 Å². The second-order valence-corrected chi connectivity index (χ2v) is 33.7. The molecule has 2 saturated heterocycles. The van der Waals surface area contributed by atoms with Crippen LogP contribution in [0.1, 0.15) is 128 Å². The summed E-state index contributed by atoms with van der Waals surface area (Å²) in [5, 5.41) is 3.28. The average molecular weight is 1680 g/mol. The number of fused-ring (bicyclic) bond motifs is 2. The SMILES string of the molecule is BCCCCc1ccc(N(c2ccc(CCCC(=O)ON3C(=O)CCC3=O)cc2)c2ccc(-c3ccc(-c4c5nsnc5c(-c5ccc(C6C=CC(N(c7ccc(CCCCI)cc7)c7ccc(CCCC(=O)ON8C(=O)CCC8=O)cc7)=CC6)s5)c5nc(-c6ccc(CCC=O)s6)c(-c6cccs6)nc45)s3)cc2)cc1. The average Bonchev–Trinajstić information content (AvgIpc) is 1.63. The van der Waals surface area contributed by atoms with Gasteiger partial charge in [0.1, 0.15) is 47.6 Å². The van der Waals surface area contributed by atoms with Crippen LogP contribution in [-0.4, -0.2) is 83.0 Å². The summed E-state index contributed by atoms with van der Waals surface area (Å²) < 4.78 is 11.5. The topological polar surface area (TPSA) is 202 Å². The van der Waals surface area contributed by atoms with Crippen molar-refractivity contribution >= 4 is 180 Å². The standard InChI is InChI=1S/C87H78BIN8O9S5/c88-51-3-1-9-55-17-29-61(30-18-55)94(63-33-21-57(22-34-63)11-5-15-78(103)105-96-74(99)47-48-75(96)100)65-37-25-59(26-38-65)68-43-45-70(109-68)80-84-85(91-83(82(90-84)72-14-8-54-107-72)73-42-41-67(108-73)13-7-53-98)81(87-86(80)92-111-93-87)71-46-44-69(110-71)60-27-39-66(40-28-60)95(62-31-19-56(20-32-62)10-2-4-52-89)64-35-23-58(24-36-64)12-6-16-79(104)106-97-76(101)49-50-77(97)102/h8,14,17-27,29-46,53-54,60H,1-7,9-13,15-16,28,47-52,88H2. The number of alkyl halides is 1. The fourth-order valence-corrected chi connectivity index (χ4v) is 19.3. The predicted octanol–water partition coefficient (Wildman–Crippen LogP) is 20.6. The van der Waals surface area contributed by atoms with Gasteiger partial charge in [0.15, 0.2) is 0 Å². The van der Waals surface area contributed by atoms with E-state index in [0.717, 1.165) is 174 Å². The van der Waals surface area contributed by atoms with Crippen molar-refractivity contribution in [1.29, 1.82) is 0 Å². The van der Waals surface area contributed by atoms with Gasteiger partial charge in [-0.3, -0.25) is 19.2 Å². The smallest absolute Gasteiger partial charge is 0.330 e. The normalized spacial score (nSPS) is 14.3. The van der Waals surface area contributed by atoms with Crippen molar-refractivity contribution in [1.82, 2.24) is 28.8 Å². The Morgan fingerprint density at radius 3 is 1.48 bits per heavy atom. The summed E-state index contributed by atoms with van der Waals surface area (Å²) in [7, 11) is 2.22. The summed E-state index contributed by atoms with van der Waals surface area (Å²) in [6.07, 6.45) is 20.0. The molecule has 0 spiro atoms. The summed E-state index contributed by atoms with van der Waals surface area (Å²) in [6, 6.07) is 60.4. The lowest BCUT2D eigenvalue weighted by atomic mass is 9.96. The molecule has 4 amide bonds. The number of unbranched alkanes of at least 4 members (excludes halogenated alkanes) is 2. The summed E-state index contributed by atoms with van der Waals surface area (Å²) in [6.45, 7) is 0. The lowest BCUT2D eigenvalue weighted by Gasteiger charge is -2.29. The Hall–Kier alpha value is -9.96. The zero-order valence-electron chi connectivity index (χ0n) is 61.2. The number of rotatable bonds is 33. The number of hydrogen-bond donors (Lipinski definition) is 0. The highest BCUT2D eigenvalue weighted by Gasteiger charge is 2.35. The number of hydroxylamine groups is 4. The highest BCUT2D eigenvalue weighted by atomic mass is 127. The molecule has 6 aromatic heterocycles. The molecule has 6 aromatic carbocycles. The van der Waals surface area contributed by atoms with Crippen LogP contribution in [0.5, 0.6) is 0 Å². The van der Waals surface area contributed by atoms with E-state index in [0.29, 0.717) is 48.7 Å². The van der Waals surface area contributed by atoms with E-state index in [1.807, 2.05) is 6.07 Å². The maximum Gasteiger partial charge on any atom is 0.333 e. The number of carbonyl (C=O) groups is 7. The van der Waals surface area contributed by atoms with Crippen molar-refractivity contribution in [3.05, 3.63) is 231 Å². The van der Waals surface area contributed by atoms with Gasteiger partial charge >= 0.3 is 11.9 Å². The molecule has 111 heavy (non-hydrogen) atoms. The Morgan fingerprint density at radius 1 is 0.505 bits per heavy atom. The molecule has 24 heteroatoms. The first-order valence-electron chi connectivity index (χ1n) is 37.8. The first-order valence-corrected chi connectivity index (χ1v) is 43.3. The Balaban J connectivity index is 0.731. The minimum Gasteiger partial charge on any atom is -0.330 e. The quantitative estimate of drug-likeness (QED) is 0.00937. The molecule has 17 nitrogen and oxygen atoms in total. The fraction of sp³-hybridized carbons (Fsp3) is 0.253. The largest absolute Gasteiger partial charge is 0.333 e. The van der Waals surface area contributed by atoms with E-state index >= 15 is 0 Å². The van der Waals surface area contributed by atoms with Crippen LogP contribution in [-0.2, 0) is 75.3 Å². The van der Waals surface area contributed by atoms with Gasteiger partial charge in [0.2, 0.25) is 0 Å². The van der Waals surface area contributed by atoms with Crippen molar-refractivity contribution in [3.8, 4) is 52.5 Å². The van der Waals surface area contributed by atoms with E-state index in [-0.39, 0.29) is 44.4 Å². The number of nitrogens with zero attached hydrogens (tertiary/aromatic N) is 8. The number of hydrogen-bond acceptors (Lipinski definition) is 20. The van der Waals surface area contributed by atoms with Crippen molar-refractivity contribution in [3.63, 3.8) is 0 Å². The van der Waals surface area contributed by atoms with Gasteiger partial charge in [-0.15, -0.1) is 55.5 Å². The van der Waals surface area contributed by atoms with Gasteiger partial charge in [0, 0.05) is 121 Å². The van der Waals surface area contributed by atoms with Gasteiger partial charge in [0.25, 0.3) is 23.6 Å². The number of benzene rings is 6. The highest BCUT2D eigenvalue weighted by molar-refractivity contribution is 14.1. The first-order chi connectivity index (χ1) is 54.3. The summed E-state index contributed by atoms with van der Waals surface area (Å²) in [5.41, 5.74) is 18.0. The van der Waals surface area contributed by atoms with Crippen LogP contribution in [0.3, 0.4) is 0 Å². The number of aldehydes is 1. The number of imide groups is 2. The molecule has 2 fully saturated rings. The molecule has 1 atom stereocenters. The highest BCUT2D eigenvalue weighted by Crippen LogP contribution is 2.50. The number of halogens is 1. The van der Waals surface area contributed by atoms with E-state index < -0.39 is 35.6 Å². The second kappa shape index (κ2) is 35.6. The molecule has 0 bridgehead atoms. The third kappa shape index (κ3) is 17.6. The van der Waals surface area contributed by atoms with E-state index in [2.05, 4.69) is 228 Å². The Labute approximate surface area is 678 Å². The molecule has 2 aliphatic heterocycles. The van der Waals surface area contributed by atoms with Crippen molar-refractivity contribution in [2.45, 2.75) is 134 Å². The third-order valence-corrected chi connectivity index (χ3v) is 25.8. The molecule has 8 heterocycles.